The van der Waals surface area contributed by atoms with Crippen molar-refractivity contribution >= 4 is 0 Å². The van der Waals surface area contributed by atoms with Crippen molar-refractivity contribution in [3.8, 4) is 0 Å². The van der Waals surface area contributed by atoms with Crippen LogP contribution in [0.3, 0.4) is 0 Å². The van der Waals surface area contributed by atoms with E-state index in [1.165, 1.54) is 0 Å². The van der Waals surface area contributed by atoms with Crippen molar-refractivity contribution in [2.75, 3.05) is 7.11 Å². The summed E-state index contributed by atoms with van der Waals surface area (Å²) in [6, 6.07) is 0. The molecule has 1 N–H and O–H groups in total. The van der Waals surface area contributed by atoms with Gasteiger partial charge in [0.05, 0.1) is 0 Å². The highest BCUT2D eigenvalue weighted by molar-refractivity contribution is 4.79. The third kappa shape index (κ3) is 5.41. The van der Waals surface area contributed by atoms with Crippen LogP contribution in [0.2, 0.25) is 0 Å². The molecule has 0 fully saturated rings. The van der Waals surface area contributed by atoms with Crippen LogP contribution in [0.1, 0.15) is 0 Å². The van der Waals surface area contributed by atoms with E-state index >= 15 is 0 Å². The van der Waals surface area contributed by atoms with Gasteiger partial charge in [-0.25, -0.2) is 17.6 Å². The summed E-state index contributed by atoms with van der Waals surface area (Å²) in [5.74, 6) is -10.2. The highest BCUT2D eigenvalue weighted by Gasteiger charge is 2.64. The predicted octanol–water partition coefficient (Wildman–Crippen LogP) is 3.60. The summed E-state index contributed by atoms with van der Waals surface area (Å²) >= 11 is 0. The minimum absolute atomic E-state index is 0.222. The predicted molar refractivity (Wildman–Crippen MR) is 41.0 cm³/mol. The molecule has 2 unspecified atom stereocenters. The molecule has 21 heavy (non-hydrogen) atoms. The zero-order valence-electron chi connectivity index (χ0n) is 9.55. The second-order valence-corrected chi connectivity index (χ2v) is 3.12. The summed E-state index contributed by atoms with van der Waals surface area (Å²) < 4.78 is 138. The number of hydrogen-bond acceptors (Lipinski definition) is 2. The number of methoxy groups -OCH3 is 1. The molecule has 0 spiro atoms. The lowest BCUT2D eigenvalue weighted by Crippen LogP contribution is -2.48. The van der Waals surface area contributed by atoms with Crippen molar-refractivity contribution in [1.29, 1.82) is 0 Å². The number of halogens is 12. The minimum Gasteiger partial charge on any atom is -0.350 e. The molecule has 0 heterocycles. The van der Waals surface area contributed by atoms with Gasteiger partial charge in [0.1, 0.15) is 0 Å². The van der Waals surface area contributed by atoms with Gasteiger partial charge in [-0.2, -0.15) is 35.1 Å². The fourth-order valence-corrected chi connectivity index (χ4v) is 0.452. The molecule has 2 nitrogen and oxygen atoms in total. The van der Waals surface area contributed by atoms with Gasteiger partial charge >= 0.3 is 36.9 Å². The Morgan fingerprint density at radius 2 is 1.05 bits per heavy atom. The SMILES string of the molecule is COC(F)(C(F)F)C(F)(F)F.OC(F)(C(F)F)C(F)(F)F. The number of rotatable bonds is 3. The van der Waals surface area contributed by atoms with Gasteiger partial charge < -0.3 is 9.84 Å². The average Bonchev–Trinajstić information content (AvgIpc) is 2.25. The maximum Gasteiger partial charge on any atom is 0.454 e. The number of hydrogen-bond donors (Lipinski definition) is 1. The molecule has 14 heteroatoms. The molecule has 0 amide bonds. The van der Waals surface area contributed by atoms with Gasteiger partial charge in [0.25, 0.3) is 0 Å². The zero-order valence-corrected chi connectivity index (χ0v) is 9.55. The topological polar surface area (TPSA) is 29.5 Å². The van der Waals surface area contributed by atoms with Gasteiger partial charge in [0.15, 0.2) is 0 Å². The summed E-state index contributed by atoms with van der Waals surface area (Å²) in [4.78, 5) is 0. The summed E-state index contributed by atoms with van der Waals surface area (Å²) in [5, 5.41) is 7.39. The van der Waals surface area contributed by atoms with Gasteiger partial charge in [0, 0.05) is 7.11 Å². The van der Waals surface area contributed by atoms with Crippen LogP contribution in [-0.4, -0.2) is 49.1 Å². The minimum atomic E-state index is -5.94. The van der Waals surface area contributed by atoms with Crippen molar-refractivity contribution in [2.24, 2.45) is 0 Å². The lowest BCUT2D eigenvalue weighted by molar-refractivity contribution is -0.361. The number of aliphatic hydroxyl groups is 1. The van der Waals surface area contributed by atoms with E-state index in [1.54, 1.807) is 0 Å². The van der Waals surface area contributed by atoms with E-state index in [0.29, 0.717) is 0 Å². The van der Waals surface area contributed by atoms with Gasteiger partial charge in [-0.3, -0.25) is 0 Å². The van der Waals surface area contributed by atoms with Gasteiger partial charge in [-0.15, -0.1) is 0 Å². The lowest BCUT2D eigenvalue weighted by Gasteiger charge is -2.24. The summed E-state index contributed by atoms with van der Waals surface area (Å²) in [6.07, 6.45) is -20.4. The van der Waals surface area contributed by atoms with E-state index in [0.717, 1.165) is 0 Å². The Hall–Kier alpha value is -0.920. The quantitative estimate of drug-likeness (QED) is 0.789. The summed E-state index contributed by atoms with van der Waals surface area (Å²) in [6.45, 7) is 0. The Morgan fingerprint density at radius 3 is 1.05 bits per heavy atom. The molecule has 130 valence electrons. The van der Waals surface area contributed by atoms with Gasteiger partial charge in [-0.1, -0.05) is 0 Å². The van der Waals surface area contributed by atoms with Gasteiger partial charge in [-0.05, 0) is 0 Å². The van der Waals surface area contributed by atoms with E-state index in [-0.39, 0.29) is 7.11 Å². The molecular weight excluding hydrogens is 344 g/mol. The Morgan fingerprint density at radius 1 is 0.714 bits per heavy atom. The van der Waals surface area contributed by atoms with Crippen LogP contribution in [-0.2, 0) is 4.74 Å². The van der Waals surface area contributed by atoms with Crippen molar-refractivity contribution < 1.29 is 62.5 Å². The molecule has 0 aromatic carbocycles. The monoisotopic (exact) mass is 350 g/mol. The van der Waals surface area contributed by atoms with Crippen LogP contribution >= 0.6 is 0 Å². The third-order valence-corrected chi connectivity index (χ3v) is 1.65. The Kier molecular flexibility index (Phi) is 7.34. The van der Waals surface area contributed by atoms with E-state index in [1.807, 2.05) is 0 Å². The number of ether oxygens (including phenoxy) is 1. The first-order chi connectivity index (χ1) is 8.95. The molecule has 0 aromatic heterocycles. The molecule has 0 aliphatic heterocycles. The molecular formula is C7H6F12O2. The maximum atomic E-state index is 12.1. The van der Waals surface area contributed by atoms with Crippen molar-refractivity contribution in [3.05, 3.63) is 0 Å². The van der Waals surface area contributed by atoms with E-state index in [2.05, 4.69) is 4.74 Å². The molecule has 0 radical (unpaired) electrons. The Bertz CT molecular complexity index is 308. The standard InChI is InChI=1S/C4H4F6O.C3H2F6O/c1-11-3(7,2(5)6)4(8,9)10;4-1(5)2(6,10)3(7,8)9/h2H,1H3;1,10H. The zero-order chi connectivity index (χ0) is 17.9. The fourth-order valence-electron chi connectivity index (χ4n) is 0.452. The Labute approximate surface area is 108 Å². The second kappa shape index (κ2) is 6.89. The van der Waals surface area contributed by atoms with Crippen molar-refractivity contribution in [2.45, 2.75) is 36.9 Å². The Balaban J connectivity index is 0. The highest BCUT2D eigenvalue weighted by Crippen LogP contribution is 2.39. The van der Waals surface area contributed by atoms with E-state index in [4.69, 9.17) is 5.11 Å². The fraction of sp³-hybridized carbons (Fsp3) is 1.00. The number of alkyl halides is 12. The molecule has 0 aliphatic rings. The first-order valence-electron chi connectivity index (χ1n) is 4.30. The van der Waals surface area contributed by atoms with Crippen LogP contribution in [0.15, 0.2) is 0 Å². The molecule has 2 atom stereocenters. The van der Waals surface area contributed by atoms with Crippen LogP contribution in [0, 0.1) is 0 Å². The lowest BCUT2D eigenvalue weighted by atomic mass is 10.3. The maximum absolute atomic E-state index is 12.1. The third-order valence-electron chi connectivity index (χ3n) is 1.65. The van der Waals surface area contributed by atoms with E-state index in [9.17, 15) is 52.7 Å². The van der Waals surface area contributed by atoms with Crippen molar-refractivity contribution in [1.82, 2.24) is 0 Å². The molecule has 0 saturated heterocycles. The normalized spacial score (nSPS) is 18.9. The second-order valence-electron chi connectivity index (χ2n) is 3.12. The molecule has 0 aromatic rings. The van der Waals surface area contributed by atoms with Crippen LogP contribution in [0.25, 0.3) is 0 Å². The molecule has 0 rings (SSSR count). The van der Waals surface area contributed by atoms with Crippen LogP contribution in [0.5, 0.6) is 0 Å². The average molecular weight is 350 g/mol. The molecule has 0 saturated carbocycles. The summed E-state index contributed by atoms with van der Waals surface area (Å²) in [7, 11) is 0.222. The van der Waals surface area contributed by atoms with Crippen molar-refractivity contribution in [3.63, 3.8) is 0 Å². The van der Waals surface area contributed by atoms with E-state index < -0.39 is 36.9 Å². The molecule has 0 bridgehead atoms. The summed E-state index contributed by atoms with van der Waals surface area (Å²) in [5.41, 5.74) is 0. The largest absolute Gasteiger partial charge is 0.454 e. The first kappa shape index (κ1) is 22.4. The highest BCUT2D eigenvalue weighted by atomic mass is 19.4. The van der Waals surface area contributed by atoms with Crippen LogP contribution < -0.4 is 0 Å². The first-order valence-corrected chi connectivity index (χ1v) is 4.30. The van der Waals surface area contributed by atoms with Crippen LogP contribution in [0.4, 0.5) is 52.7 Å². The molecule has 0 aliphatic carbocycles. The smallest absolute Gasteiger partial charge is 0.350 e. The van der Waals surface area contributed by atoms with Gasteiger partial charge in [0.2, 0.25) is 0 Å².